The molecule has 3 aromatic rings. The average molecular weight is 286 g/mol. The molecule has 0 unspecified atom stereocenters. The van der Waals surface area contributed by atoms with Gasteiger partial charge in [0.1, 0.15) is 0 Å². The molecule has 100 valence electrons. The molecule has 0 aliphatic carbocycles. The molecule has 0 radical (unpaired) electrons. The summed E-state index contributed by atoms with van der Waals surface area (Å²) in [6.45, 7) is 0. The first-order valence-electron chi connectivity index (χ1n) is 6.21. The van der Waals surface area contributed by atoms with E-state index in [2.05, 4.69) is 11.1 Å². The standard InChI is InChI=1S/C16H12ClNO2/c17-13-5-6-15-12(8-13)9-14(18-15)7-10-1-3-11(4-2-10)16(19)20/h1-6,8-9,18H,7H2,(H,19,20). The topological polar surface area (TPSA) is 53.1 Å². The summed E-state index contributed by atoms with van der Waals surface area (Å²) in [6.07, 6.45) is 0.728. The summed E-state index contributed by atoms with van der Waals surface area (Å²) < 4.78 is 0. The van der Waals surface area contributed by atoms with Crippen LogP contribution in [0.2, 0.25) is 5.02 Å². The highest BCUT2D eigenvalue weighted by molar-refractivity contribution is 6.31. The van der Waals surface area contributed by atoms with E-state index in [4.69, 9.17) is 16.7 Å². The zero-order valence-corrected chi connectivity index (χ0v) is 11.3. The lowest BCUT2D eigenvalue weighted by atomic mass is 10.1. The van der Waals surface area contributed by atoms with Crippen LogP contribution in [0.1, 0.15) is 21.6 Å². The van der Waals surface area contributed by atoms with Gasteiger partial charge in [-0.1, -0.05) is 23.7 Å². The van der Waals surface area contributed by atoms with E-state index in [1.807, 2.05) is 30.3 Å². The molecular weight excluding hydrogens is 274 g/mol. The van der Waals surface area contributed by atoms with Crippen molar-refractivity contribution in [2.24, 2.45) is 0 Å². The molecule has 20 heavy (non-hydrogen) atoms. The van der Waals surface area contributed by atoms with Gasteiger partial charge in [0.25, 0.3) is 0 Å². The number of carbonyl (C=O) groups is 1. The van der Waals surface area contributed by atoms with E-state index < -0.39 is 5.97 Å². The fourth-order valence-corrected chi connectivity index (χ4v) is 2.42. The van der Waals surface area contributed by atoms with Crippen molar-refractivity contribution < 1.29 is 9.90 Å². The van der Waals surface area contributed by atoms with Crippen molar-refractivity contribution >= 4 is 28.5 Å². The SMILES string of the molecule is O=C(O)c1ccc(Cc2cc3cc(Cl)ccc3[nH]2)cc1. The fourth-order valence-electron chi connectivity index (χ4n) is 2.24. The zero-order valence-electron chi connectivity index (χ0n) is 10.6. The Morgan fingerprint density at radius 3 is 2.55 bits per heavy atom. The third-order valence-electron chi connectivity index (χ3n) is 3.23. The summed E-state index contributed by atoms with van der Waals surface area (Å²) in [6, 6.07) is 14.7. The van der Waals surface area contributed by atoms with Crippen LogP contribution in [0.25, 0.3) is 10.9 Å². The van der Waals surface area contributed by atoms with Gasteiger partial charge in [0, 0.05) is 28.0 Å². The van der Waals surface area contributed by atoms with Crippen LogP contribution >= 0.6 is 11.6 Å². The van der Waals surface area contributed by atoms with Crippen LogP contribution in [0.15, 0.2) is 48.5 Å². The summed E-state index contributed by atoms with van der Waals surface area (Å²) in [5, 5.41) is 10.7. The lowest BCUT2D eigenvalue weighted by Crippen LogP contribution is -1.96. The first kappa shape index (κ1) is 12.8. The molecule has 4 heteroatoms. The van der Waals surface area contributed by atoms with Gasteiger partial charge in [0.05, 0.1) is 5.56 Å². The summed E-state index contributed by atoms with van der Waals surface area (Å²) in [4.78, 5) is 14.1. The lowest BCUT2D eigenvalue weighted by molar-refractivity contribution is 0.0697. The Bertz CT molecular complexity index is 775. The quantitative estimate of drug-likeness (QED) is 0.761. The van der Waals surface area contributed by atoms with Crippen molar-refractivity contribution in [1.82, 2.24) is 4.98 Å². The van der Waals surface area contributed by atoms with Crippen molar-refractivity contribution in [3.8, 4) is 0 Å². The van der Waals surface area contributed by atoms with Gasteiger partial charge in [-0.3, -0.25) is 0 Å². The van der Waals surface area contributed by atoms with Crippen molar-refractivity contribution in [2.75, 3.05) is 0 Å². The van der Waals surface area contributed by atoms with Gasteiger partial charge < -0.3 is 10.1 Å². The Labute approximate surface area is 120 Å². The largest absolute Gasteiger partial charge is 0.478 e. The van der Waals surface area contributed by atoms with Gasteiger partial charge in [-0.25, -0.2) is 4.79 Å². The van der Waals surface area contributed by atoms with E-state index in [-0.39, 0.29) is 0 Å². The predicted octanol–water partition coefficient (Wildman–Crippen LogP) is 4.11. The first-order valence-corrected chi connectivity index (χ1v) is 6.59. The Hall–Kier alpha value is -2.26. The number of halogens is 1. The van der Waals surface area contributed by atoms with E-state index in [1.165, 1.54) is 0 Å². The molecule has 3 rings (SSSR count). The molecule has 0 saturated carbocycles. The van der Waals surface area contributed by atoms with Gasteiger partial charge in [-0.15, -0.1) is 0 Å². The smallest absolute Gasteiger partial charge is 0.335 e. The van der Waals surface area contributed by atoms with E-state index in [9.17, 15) is 4.79 Å². The second-order valence-corrected chi connectivity index (χ2v) is 5.14. The highest BCUT2D eigenvalue weighted by atomic mass is 35.5. The van der Waals surface area contributed by atoms with Gasteiger partial charge in [-0.05, 0) is 42.0 Å². The molecule has 0 amide bonds. The Morgan fingerprint density at radius 1 is 1.10 bits per heavy atom. The van der Waals surface area contributed by atoms with Crippen LogP contribution in [-0.2, 0) is 6.42 Å². The van der Waals surface area contributed by atoms with Crippen molar-refractivity contribution in [3.05, 3.63) is 70.4 Å². The number of aromatic nitrogens is 1. The number of fused-ring (bicyclic) bond motifs is 1. The molecule has 0 saturated heterocycles. The molecule has 0 bridgehead atoms. The van der Waals surface area contributed by atoms with Crippen LogP contribution < -0.4 is 0 Å². The summed E-state index contributed by atoms with van der Waals surface area (Å²) in [7, 11) is 0. The number of aromatic carboxylic acids is 1. The Kier molecular flexibility index (Phi) is 3.20. The van der Waals surface area contributed by atoms with Gasteiger partial charge in [0.2, 0.25) is 0 Å². The molecule has 0 aliphatic heterocycles. The monoisotopic (exact) mass is 285 g/mol. The number of hydrogen-bond acceptors (Lipinski definition) is 1. The van der Waals surface area contributed by atoms with Gasteiger partial charge in [-0.2, -0.15) is 0 Å². The fraction of sp³-hybridized carbons (Fsp3) is 0.0625. The third-order valence-corrected chi connectivity index (χ3v) is 3.47. The van der Waals surface area contributed by atoms with Gasteiger partial charge >= 0.3 is 5.97 Å². The minimum Gasteiger partial charge on any atom is -0.478 e. The highest BCUT2D eigenvalue weighted by Gasteiger charge is 2.05. The molecule has 0 aliphatic rings. The molecule has 2 N–H and O–H groups in total. The molecule has 1 aromatic heterocycles. The second-order valence-electron chi connectivity index (χ2n) is 4.71. The number of hydrogen-bond donors (Lipinski definition) is 2. The summed E-state index contributed by atoms with van der Waals surface area (Å²) >= 11 is 5.97. The van der Waals surface area contributed by atoms with Crippen LogP contribution in [0.5, 0.6) is 0 Å². The van der Waals surface area contributed by atoms with E-state index in [0.29, 0.717) is 10.6 Å². The van der Waals surface area contributed by atoms with Crippen LogP contribution in [-0.4, -0.2) is 16.1 Å². The maximum atomic E-state index is 10.8. The molecule has 0 spiro atoms. The minimum absolute atomic E-state index is 0.303. The number of rotatable bonds is 3. The maximum absolute atomic E-state index is 10.8. The van der Waals surface area contributed by atoms with Gasteiger partial charge in [0.15, 0.2) is 0 Å². The molecule has 1 heterocycles. The first-order chi connectivity index (χ1) is 9.61. The molecule has 2 aromatic carbocycles. The third kappa shape index (κ3) is 2.53. The Balaban J connectivity index is 1.87. The lowest BCUT2D eigenvalue weighted by Gasteiger charge is -2.00. The molecular formula is C16H12ClNO2. The number of carboxylic acids is 1. The summed E-state index contributed by atoms with van der Waals surface area (Å²) in [5.41, 5.74) is 3.49. The average Bonchev–Trinajstić information content (AvgIpc) is 2.80. The van der Waals surface area contributed by atoms with Crippen molar-refractivity contribution in [2.45, 2.75) is 6.42 Å². The number of carboxylic acid groups (broad SMARTS) is 1. The number of H-pyrrole nitrogens is 1. The molecule has 0 atom stereocenters. The number of aromatic amines is 1. The van der Waals surface area contributed by atoms with Crippen molar-refractivity contribution in [3.63, 3.8) is 0 Å². The molecule has 0 fully saturated rings. The Morgan fingerprint density at radius 2 is 1.85 bits per heavy atom. The van der Waals surface area contributed by atoms with E-state index in [1.54, 1.807) is 12.1 Å². The van der Waals surface area contributed by atoms with E-state index >= 15 is 0 Å². The highest BCUT2D eigenvalue weighted by Crippen LogP contribution is 2.21. The zero-order chi connectivity index (χ0) is 14.1. The minimum atomic E-state index is -0.906. The second kappa shape index (κ2) is 5.02. The summed E-state index contributed by atoms with van der Waals surface area (Å²) in [5.74, 6) is -0.906. The van der Waals surface area contributed by atoms with E-state index in [0.717, 1.165) is 28.6 Å². The maximum Gasteiger partial charge on any atom is 0.335 e. The van der Waals surface area contributed by atoms with Crippen LogP contribution in [0, 0.1) is 0 Å². The van der Waals surface area contributed by atoms with Crippen LogP contribution in [0.4, 0.5) is 0 Å². The van der Waals surface area contributed by atoms with Crippen LogP contribution in [0.3, 0.4) is 0 Å². The molecule has 3 nitrogen and oxygen atoms in total. The number of benzene rings is 2. The van der Waals surface area contributed by atoms with Crippen molar-refractivity contribution in [1.29, 1.82) is 0 Å². The number of nitrogens with one attached hydrogen (secondary N) is 1. The predicted molar refractivity (Wildman–Crippen MR) is 79.5 cm³/mol. The normalized spacial score (nSPS) is 10.8.